The molecule has 1 aliphatic heterocycles. The first-order chi connectivity index (χ1) is 19.0. The molecular weight excluding hydrogens is 509 g/mol. The first-order valence-electron chi connectivity index (χ1n) is 14.8. The summed E-state index contributed by atoms with van der Waals surface area (Å²) >= 11 is 0. The van der Waals surface area contributed by atoms with Crippen molar-refractivity contribution in [1.82, 2.24) is 5.32 Å². The summed E-state index contributed by atoms with van der Waals surface area (Å²) in [6.07, 6.45) is 9.18. The van der Waals surface area contributed by atoms with E-state index < -0.39 is 6.09 Å². The molecule has 7 heteroatoms. The molecule has 4 aliphatic carbocycles. The van der Waals surface area contributed by atoms with Crippen LogP contribution in [0.2, 0.25) is 0 Å². The maximum atomic E-state index is 13.9. The van der Waals surface area contributed by atoms with E-state index in [1.165, 1.54) is 24.1 Å². The molecule has 1 saturated heterocycles. The van der Waals surface area contributed by atoms with E-state index in [4.69, 9.17) is 9.47 Å². The number of ether oxygens (including phenoxy) is 2. The van der Waals surface area contributed by atoms with Gasteiger partial charge < -0.3 is 14.8 Å². The van der Waals surface area contributed by atoms with Crippen LogP contribution in [0.4, 0.5) is 9.18 Å². The Morgan fingerprint density at radius 3 is 2.73 bits per heavy atom. The van der Waals surface area contributed by atoms with Crippen molar-refractivity contribution in [2.24, 2.45) is 40.4 Å². The van der Waals surface area contributed by atoms with Crippen LogP contribution in [0.15, 0.2) is 42.0 Å². The fourth-order valence-electron chi connectivity index (χ4n) is 9.50. The number of allylic oxidation sites excluding steroid dienone is 4. The maximum Gasteiger partial charge on any atom is 0.407 e. The molecule has 214 valence electrons. The Balaban J connectivity index is 1.24. The molecule has 9 atom stereocenters. The summed E-state index contributed by atoms with van der Waals surface area (Å²) in [4.78, 5) is 36.6. The Morgan fingerprint density at radius 2 is 2.00 bits per heavy atom. The number of halogens is 1. The minimum atomic E-state index is -0.548. The van der Waals surface area contributed by atoms with E-state index in [1.807, 2.05) is 6.07 Å². The Morgan fingerprint density at radius 1 is 1.20 bits per heavy atom. The lowest BCUT2D eigenvalue weighted by molar-refractivity contribution is -0.145. The summed E-state index contributed by atoms with van der Waals surface area (Å²) in [7, 11) is 0. The minimum Gasteiger partial charge on any atom is -0.462 e. The van der Waals surface area contributed by atoms with Gasteiger partial charge in [-0.3, -0.25) is 9.59 Å². The Labute approximate surface area is 235 Å². The number of alkyl carbamates (subject to hydrolysis) is 1. The second kappa shape index (κ2) is 9.85. The summed E-state index contributed by atoms with van der Waals surface area (Å²) in [5, 5.41) is 3.00. The van der Waals surface area contributed by atoms with Gasteiger partial charge in [-0.05, 0) is 104 Å². The fraction of sp³-hybridized carbons (Fsp3) is 0.606. The molecule has 1 spiro atoms. The number of fused-ring (bicyclic) bond motifs is 2. The van der Waals surface area contributed by atoms with Gasteiger partial charge in [-0.1, -0.05) is 43.7 Å². The molecular formula is C33H40FNO5. The Kier molecular flexibility index (Phi) is 6.70. The number of Topliss-reactive ketones (excluding diaryl/α,β-unsaturated/α-hetero) is 1. The summed E-state index contributed by atoms with van der Waals surface area (Å²) in [5.41, 5.74) is 3.55. The van der Waals surface area contributed by atoms with Crippen LogP contribution in [0, 0.1) is 46.2 Å². The van der Waals surface area contributed by atoms with Gasteiger partial charge in [-0.25, -0.2) is 9.18 Å². The second-order valence-corrected chi connectivity index (χ2v) is 13.4. The molecule has 1 aromatic carbocycles. The number of carbonyl (C=O) groups is 3. The van der Waals surface area contributed by atoms with Gasteiger partial charge >= 0.3 is 12.1 Å². The number of hydrogen-bond donors (Lipinski definition) is 1. The van der Waals surface area contributed by atoms with Crippen LogP contribution >= 0.6 is 0 Å². The molecule has 6 rings (SSSR count). The molecule has 1 aromatic rings. The molecule has 1 N–H and O–H groups in total. The van der Waals surface area contributed by atoms with Gasteiger partial charge in [0, 0.05) is 12.0 Å². The molecule has 1 heterocycles. The lowest BCUT2D eigenvalue weighted by atomic mass is 9.53. The van der Waals surface area contributed by atoms with Crippen LogP contribution in [0.25, 0.3) is 5.57 Å². The highest BCUT2D eigenvalue weighted by Gasteiger charge is 2.79. The Bertz CT molecular complexity index is 1300. The number of amides is 1. The summed E-state index contributed by atoms with van der Waals surface area (Å²) < 4.78 is 24.8. The molecule has 6 nitrogen and oxygen atoms in total. The number of carbonyl (C=O) groups excluding carboxylic acids is 3. The first kappa shape index (κ1) is 27.2. The number of esters is 1. The van der Waals surface area contributed by atoms with Crippen molar-refractivity contribution in [2.45, 2.75) is 78.4 Å². The number of rotatable bonds is 6. The second-order valence-electron chi connectivity index (χ2n) is 13.4. The van der Waals surface area contributed by atoms with Crippen LogP contribution in [-0.4, -0.2) is 36.6 Å². The van der Waals surface area contributed by atoms with E-state index in [0.717, 1.165) is 44.1 Å². The number of cyclic esters (lactones) is 1. The zero-order valence-electron chi connectivity index (χ0n) is 23.9. The third-order valence-electron chi connectivity index (χ3n) is 11.0. The van der Waals surface area contributed by atoms with Gasteiger partial charge in [-0.2, -0.15) is 0 Å². The molecule has 0 bridgehead atoms. The van der Waals surface area contributed by atoms with E-state index in [1.54, 1.807) is 12.1 Å². The van der Waals surface area contributed by atoms with Crippen LogP contribution in [0.5, 0.6) is 0 Å². The van der Waals surface area contributed by atoms with Gasteiger partial charge in [0.15, 0.2) is 12.4 Å². The fourth-order valence-corrected chi connectivity index (χ4v) is 9.50. The third-order valence-corrected chi connectivity index (χ3v) is 11.0. The molecule has 4 fully saturated rings. The van der Waals surface area contributed by atoms with E-state index in [-0.39, 0.29) is 59.0 Å². The average molecular weight is 550 g/mol. The van der Waals surface area contributed by atoms with E-state index in [2.05, 4.69) is 38.2 Å². The largest absolute Gasteiger partial charge is 0.462 e. The quantitative estimate of drug-likeness (QED) is 0.424. The Hall–Kier alpha value is -2.96. The molecule has 3 saturated carbocycles. The van der Waals surface area contributed by atoms with Gasteiger partial charge in [-0.15, -0.1) is 0 Å². The lowest BCUT2D eigenvalue weighted by Crippen LogP contribution is -2.51. The monoisotopic (exact) mass is 549 g/mol. The predicted octanol–water partition coefficient (Wildman–Crippen LogP) is 6.25. The molecule has 5 aliphatic rings. The van der Waals surface area contributed by atoms with E-state index in [0.29, 0.717) is 17.8 Å². The normalized spacial score (nSPS) is 39.5. The van der Waals surface area contributed by atoms with Gasteiger partial charge in [0.05, 0.1) is 5.92 Å². The van der Waals surface area contributed by atoms with Crippen LogP contribution in [0.3, 0.4) is 0 Å². The minimum absolute atomic E-state index is 0.0472. The summed E-state index contributed by atoms with van der Waals surface area (Å²) in [6.45, 7) is 7.77. The highest BCUT2D eigenvalue weighted by molar-refractivity contribution is 5.80. The zero-order valence-corrected chi connectivity index (χ0v) is 23.9. The van der Waals surface area contributed by atoms with Crippen molar-refractivity contribution < 1.29 is 28.2 Å². The van der Waals surface area contributed by atoms with Gasteiger partial charge in [0.2, 0.25) is 0 Å². The van der Waals surface area contributed by atoms with Crippen LogP contribution in [-0.2, 0) is 19.1 Å². The number of benzene rings is 1. The number of hydrogen-bond acceptors (Lipinski definition) is 5. The summed E-state index contributed by atoms with van der Waals surface area (Å²) in [6, 6.07) is 6.79. The average Bonchev–Trinajstić information content (AvgIpc) is 3.43. The molecule has 0 aromatic heterocycles. The van der Waals surface area contributed by atoms with Crippen molar-refractivity contribution in [3.63, 3.8) is 0 Å². The van der Waals surface area contributed by atoms with Crippen LogP contribution in [0.1, 0.15) is 71.8 Å². The molecule has 0 radical (unpaired) electrons. The van der Waals surface area contributed by atoms with E-state index >= 15 is 0 Å². The number of ketones is 1. The number of nitrogens with one attached hydrogen (secondary N) is 1. The topological polar surface area (TPSA) is 81.7 Å². The molecule has 40 heavy (non-hydrogen) atoms. The lowest BCUT2D eigenvalue weighted by Gasteiger charge is -2.51. The highest BCUT2D eigenvalue weighted by atomic mass is 19.1. The van der Waals surface area contributed by atoms with Crippen molar-refractivity contribution in [3.05, 3.63) is 53.4 Å². The van der Waals surface area contributed by atoms with Gasteiger partial charge in [0.1, 0.15) is 11.9 Å². The van der Waals surface area contributed by atoms with E-state index in [9.17, 15) is 18.8 Å². The third kappa shape index (κ3) is 4.40. The standard InChI is InChI=1S/C33H40FNO5/c1-18-12-21(8-9-25(18)22-6-5-7-23(34)14-22)13-27-29-28-20(3)40-30(37)26(28)16-32(4)15-24(10-11-33(27,29)32)35-31(38)39-17-19(2)36/h5-9,14,18,20,24,26-29H,10-13,15-17H2,1-4H3,(H,35,38)/t18?,20-,24+,26-,27?,28-,29-,32?,33-/m1/s1. The maximum absolute atomic E-state index is 13.9. The summed E-state index contributed by atoms with van der Waals surface area (Å²) in [5.74, 6) is 0.879. The molecule has 1 amide bonds. The highest BCUT2D eigenvalue weighted by Crippen LogP contribution is 2.82. The van der Waals surface area contributed by atoms with Crippen LogP contribution < -0.4 is 5.32 Å². The van der Waals surface area contributed by atoms with Crippen molar-refractivity contribution in [2.75, 3.05) is 6.61 Å². The zero-order chi connectivity index (χ0) is 28.4. The van der Waals surface area contributed by atoms with Crippen molar-refractivity contribution in [1.29, 1.82) is 0 Å². The van der Waals surface area contributed by atoms with Crippen molar-refractivity contribution in [3.8, 4) is 0 Å². The van der Waals surface area contributed by atoms with Crippen molar-refractivity contribution >= 4 is 23.4 Å². The smallest absolute Gasteiger partial charge is 0.407 e. The first-order valence-corrected chi connectivity index (χ1v) is 14.8. The van der Waals surface area contributed by atoms with Gasteiger partial charge in [0.25, 0.3) is 0 Å². The SMILES string of the molecule is CC(=O)COC(=O)N[C@H]1CC[C@@]23C(CC4=CC=C(c5cccc(F)c5)C(C)C4)[C@@H]2[C@@H]2[C@@H](C)OC(=O)[C@@H]2CC3(C)C1. The predicted molar refractivity (Wildman–Crippen MR) is 148 cm³/mol. The molecule has 3 unspecified atom stereocenters.